The zero-order valence-corrected chi connectivity index (χ0v) is 9.43. The maximum absolute atomic E-state index is 10.8. The van der Waals surface area contributed by atoms with Crippen molar-refractivity contribution < 1.29 is 14.7 Å². The molecule has 1 N–H and O–H groups in total. The van der Waals surface area contributed by atoms with Crippen LogP contribution in [0.25, 0.3) is 0 Å². The Hall–Kier alpha value is -1.84. The number of anilines is 1. The molecular weight excluding hydrogens is 206 g/mol. The Balaban J connectivity index is 3.17. The second kappa shape index (κ2) is 5.30. The highest BCUT2D eigenvalue weighted by molar-refractivity contribution is 5.98. The van der Waals surface area contributed by atoms with Gasteiger partial charge in [-0.15, -0.1) is 0 Å². The predicted octanol–water partition coefficient (Wildman–Crippen LogP) is 2.04. The van der Waals surface area contributed by atoms with Gasteiger partial charge < -0.3 is 10.0 Å². The van der Waals surface area contributed by atoms with E-state index in [1.54, 1.807) is 12.1 Å². The van der Waals surface area contributed by atoms with Crippen LogP contribution in [0.5, 0.6) is 0 Å². The zero-order valence-electron chi connectivity index (χ0n) is 9.43. The van der Waals surface area contributed by atoms with Gasteiger partial charge in [-0.1, -0.05) is 0 Å². The van der Waals surface area contributed by atoms with Crippen LogP contribution < -0.4 is 4.90 Å². The molecule has 0 atom stereocenters. The number of aldehydes is 1. The molecule has 0 amide bonds. The molecule has 0 heterocycles. The molecule has 0 aliphatic heterocycles. The van der Waals surface area contributed by atoms with E-state index in [4.69, 9.17) is 5.11 Å². The lowest BCUT2D eigenvalue weighted by molar-refractivity contribution is 0.0694. The van der Waals surface area contributed by atoms with E-state index in [1.165, 1.54) is 6.07 Å². The Labute approximate surface area is 94.5 Å². The third-order valence-corrected chi connectivity index (χ3v) is 2.52. The topological polar surface area (TPSA) is 57.6 Å². The minimum atomic E-state index is -1.08. The number of hydrogen-bond donors (Lipinski definition) is 1. The summed E-state index contributed by atoms with van der Waals surface area (Å²) in [6.45, 7) is 5.66. The fraction of sp³-hybridized carbons (Fsp3) is 0.333. The van der Waals surface area contributed by atoms with Gasteiger partial charge in [0.1, 0.15) is 0 Å². The first-order valence-electron chi connectivity index (χ1n) is 5.21. The first kappa shape index (κ1) is 12.2. The van der Waals surface area contributed by atoms with E-state index in [1.807, 2.05) is 13.8 Å². The molecule has 0 bridgehead atoms. The second-order valence-electron chi connectivity index (χ2n) is 3.37. The van der Waals surface area contributed by atoms with E-state index < -0.39 is 5.97 Å². The van der Waals surface area contributed by atoms with Crippen LogP contribution in [0, 0.1) is 0 Å². The van der Waals surface area contributed by atoms with Crippen molar-refractivity contribution in [1.82, 2.24) is 0 Å². The van der Waals surface area contributed by atoms with E-state index in [0.717, 1.165) is 18.8 Å². The van der Waals surface area contributed by atoms with Gasteiger partial charge in [-0.3, -0.25) is 4.79 Å². The van der Waals surface area contributed by atoms with Gasteiger partial charge in [-0.25, -0.2) is 4.79 Å². The average Bonchev–Trinajstić information content (AvgIpc) is 2.30. The number of carbonyl (C=O) groups is 2. The molecule has 0 saturated heterocycles. The van der Waals surface area contributed by atoms with Crippen LogP contribution in [0.4, 0.5) is 5.69 Å². The number of carboxylic acid groups (broad SMARTS) is 1. The molecule has 1 aromatic carbocycles. The second-order valence-corrected chi connectivity index (χ2v) is 3.37. The van der Waals surface area contributed by atoms with Crippen LogP contribution in [0.3, 0.4) is 0 Å². The van der Waals surface area contributed by atoms with Crippen molar-refractivity contribution >= 4 is 17.9 Å². The van der Waals surface area contributed by atoms with Crippen LogP contribution >= 0.6 is 0 Å². The summed E-state index contributed by atoms with van der Waals surface area (Å²) in [6, 6.07) is 4.81. The quantitative estimate of drug-likeness (QED) is 0.773. The van der Waals surface area contributed by atoms with Gasteiger partial charge in [-0.05, 0) is 32.0 Å². The summed E-state index contributed by atoms with van der Waals surface area (Å²) in [4.78, 5) is 23.7. The number of aromatic carboxylic acids is 1. The normalized spacial score (nSPS) is 9.88. The Morgan fingerprint density at radius 3 is 2.44 bits per heavy atom. The van der Waals surface area contributed by atoms with Crippen LogP contribution in [0.2, 0.25) is 0 Å². The molecule has 0 fully saturated rings. The Bertz CT molecular complexity index is 397. The molecular formula is C12H15NO3. The lowest BCUT2D eigenvalue weighted by Gasteiger charge is -2.21. The third-order valence-electron chi connectivity index (χ3n) is 2.52. The van der Waals surface area contributed by atoms with Crippen molar-refractivity contribution in [3.8, 4) is 0 Å². The minimum Gasteiger partial charge on any atom is -0.478 e. The van der Waals surface area contributed by atoms with Crippen LogP contribution in [0.15, 0.2) is 18.2 Å². The van der Waals surface area contributed by atoms with Crippen LogP contribution in [-0.4, -0.2) is 30.5 Å². The SMILES string of the molecule is CCN(CC)c1ccc(C(=O)O)c(C=O)c1. The molecule has 0 aliphatic rings. The highest BCUT2D eigenvalue weighted by Gasteiger charge is 2.11. The number of rotatable bonds is 5. The summed E-state index contributed by atoms with van der Waals surface area (Å²) in [5.41, 5.74) is 1.14. The number of hydrogen-bond acceptors (Lipinski definition) is 3. The molecule has 0 saturated carbocycles. The molecule has 4 heteroatoms. The average molecular weight is 221 g/mol. The molecule has 16 heavy (non-hydrogen) atoms. The summed E-state index contributed by atoms with van der Waals surface area (Å²) in [7, 11) is 0. The van der Waals surface area contributed by atoms with Crippen molar-refractivity contribution in [3.05, 3.63) is 29.3 Å². The lowest BCUT2D eigenvalue weighted by atomic mass is 10.1. The maximum atomic E-state index is 10.8. The van der Waals surface area contributed by atoms with E-state index in [-0.39, 0.29) is 11.1 Å². The Morgan fingerprint density at radius 1 is 1.38 bits per heavy atom. The van der Waals surface area contributed by atoms with Crippen molar-refractivity contribution in [2.45, 2.75) is 13.8 Å². The molecule has 1 aromatic rings. The first-order valence-corrected chi connectivity index (χ1v) is 5.21. The summed E-state index contributed by atoms with van der Waals surface area (Å²) < 4.78 is 0. The van der Waals surface area contributed by atoms with Gasteiger partial charge in [0.25, 0.3) is 0 Å². The first-order chi connectivity index (χ1) is 7.63. The van der Waals surface area contributed by atoms with E-state index >= 15 is 0 Å². The van der Waals surface area contributed by atoms with E-state index in [0.29, 0.717) is 6.29 Å². The number of benzene rings is 1. The van der Waals surface area contributed by atoms with Crippen molar-refractivity contribution in [3.63, 3.8) is 0 Å². The molecule has 86 valence electrons. The minimum absolute atomic E-state index is 0.0471. The fourth-order valence-corrected chi connectivity index (χ4v) is 1.63. The number of carboxylic acids is 1. The van der Waals surface area contributed by atoms with Gasteiger partial charge in [0.15, 0.2) is 6.29 Å². The summed E-state index contributed by atoms with van der Waals surface area (Å²) in [5, 5.41) is 8.87. The van der Waals surface area contributed by atoms with Crippen LogP contribution in [-0.2, 0) is 0 Å². The number of carbonyl (C=O) groups excluding carboxylic acids is 1. The van der Waals surface area contributed by atoms with E-state index in [2.05, 4.69) is 4.90 Å². The molecule has 4 nitrogen and oxygen atoms in total. The summed E-state index contributed by atoms with van der Waals surface area (Å²) >= 11 is 0. The van der Waals surface area contributed by atoms with Gasteiger partial charge in [0.05, 0.1) is 5.56 Å². The molecule has 0 aromatic heterocycles. The molecule has 0 aliphatic carbocycles. The molecule has 0 unspecified atom stereocenters. The molecule has 0 spiro atoms. The van der Waals surface area contributed by atoms with Gasteiger partial charge in [0.2, 0.25) is 0 Å². The highest BCUT2D eigenvalue weighted by atomic mass is 16.4. The monoisotopic (exact) mass is 221 g/mol. The fourth-order valence-electron chi connectivity index (χ4n) is 1.63. The van der Waals surface area contributed by atoms with Gasteiger partial charge >= 0.3 is 5.97 Å². The number of nitrogens with zero attached hydrogens (tertiary/aromatic N) is 1. The van der Waals surface area contributed by atoms with Crippen molar-refractivity contribution in [2.75, 3.05) is 18.0 Å². The third kappa shape index (κ3) is 2.39. The lowest BCUT2D eigenvalue weighted by Crippen LogP contribution is -2.22. The standard InChI is InChI=1S/C12H15NO3/c1-3-13(4-2)10-5-6-11(12(15)16)9(7-10)8-14/h5-8H,3-4H2,1-2H3,(H,15,16). The molecule has 0 radical (unpaired) electrons. The maximum Gasteiger partial charge on any atom is 0.336 e. The smallest absolute Gasteiger partial charge is 0.336 e. The van der Waals surface area contributed by atoms with Crippen molar-refractivity contribution in [2.24, 2.45) is 0 Å². The Kier molecular flexibility index (Phi) is 4.05. The van der Waals surface area contributed by atoms with Gasteiger partial charge in [0, 0.05) is 24.3 Å². The van der Waals surface area contributed by atoms with Crippen molar-refractivity contribution in [1.29, 1.82) is 0 Å². The Morgan fingerprint density at radius 2 is 2.00 bits per heavy atom. The highest BCUT2D eigenvalue weighted by Crippen LogP contribution is 2.18. The zero-order chi connectivity index (χ0) is 12.1. The largest absolute Gasteiger partial charge is 0.478 e. The molecule has 1 rings (SSSR count). The van der Waals surface area contributed by atoms with Crippen LogP contribution in [0.1, 0.15) is 34.6 Å². The van der Waals surface area contributed by atoms with E-state index in [9.17, 15) is 9.59 Å². The predicted molar refractivity (Wildman–Crippen MR) is 62.3 cm³/mol. The summed E-state index contributed by atoms with van der Waals surface area (Å²) in [5.74, 6) is -1.08. The summed E-state index contributed by atoms with van der Waals surface area (Å²) in [6.07, 6.45) is 0.580. The van der Waals surface area contributed by atoms with Gasteiger partial charge in [-0.2, -0.15) is 0 Å².